The summed E-state index contributed by atoms with van der Waals surface area (Å²) in [5.74, 6) is 0. The van der Waals surface area contributed by atoms with Gasteiger partial charge in [0.1, 0.15) is 6.29 Å². The van der Waals surface area contributed by atoms with E-state index in [9.17, 15) is 5.11 Å². The Labute approximate surface area is 390 Å². The van der Waals surface area contributed by atoms with Gasteiger partial charge in [-0.25, -0.2) is 0 Å². The van der Waals surface area contributed by atoms with E-state index in [1.165, 1.54) is 133 Å². The fourth-order valence-electron chi connectivity index (χ4n) is 8.19. The summed E-state index contributed by atoms with van der Waals surface area (Å²) in [5, 5.41) is 11.4. The summed E-state index contributed by atoms with van der Waals surface area (Å²) in [5.41, 5.74) is 2.44. The van der Waals surface area contributed by atoms with Crippen LogP contribution in [0.25, 0.3) is 10.9 Å². The number of nitrogens with zero attached hydrogens (tertiary/aromatic N) is 1. The Morgan fingerprint density at radius 3 is 1.71 bits per heavy atom. The van der Waals surface area contributed by atoms with Gasteiger partial charge >= 0.3 is 8.56 Å². The topological polar surface area (TPSA) is 66.9 Å². The first-order valence-electron chi connectivity index (χ1n) is 26.3. The molecule has 0 aliphatic carbocycles. The van der Waals surface area contributed by atoms with Gasteiger partial charge in [-0.15, -0.1) is 0 Å². The number of likely N-dealkylation sites (N-methyl/N-ethyl adjacent to an activating group) is 1. The van der Waals surface area contributed by atoms with Crippen molar-refractivity contribution >= 4 is 19.5 Å². The summed E-state index contributed by atoms with van der Waals surface area (Å²) in [7, 11) is -0.182. The van der Waals surface area contributed by atoms with E-state index in [-0.39, 0.29) is 18.9 Å². The smallest absolute Gasteiger partial charge is 0.333 e. The van der Waals surface area contributed by atoms with Gasteiger partial charge in [-0.1, -0.05) is 164 Å². The van der Waals surface area contributed by atoms with Crippen LogP contribution in [0.15, 0.2) is 79.1 Å². The molecule has 0 saturated carbocycles. The first-order valence-corrected chi connectivity index (χ1v) is 29.1. The molecule has 0 amide bonds. The average Bonchev–Trinajstić information content (AvgIpc) is 3.69. The third-order valence-electron chi connectivity index (χ3n) is 12.3. The second-order valence-electron chi connectivity index (χ2n) is 18.6. The van der Waals surface area contributed by atoms with Crippen LogP contribution in [0.3, 0.4) is 0 Å². The van der Waals surface area contributed by atoms with Crippen LogP contribution in [0.2, 0.25) is 13.1 Å². The number of rotatable bonds is 44. The van der Waals surface area contributed by atoms with Crippen LogP contribution in [0.5, 0.6) is 0 Å². The number of benzene rings is 1. The quantitative estimate of drug-likeness (QED) is 0.0300. The molecule has 7 heteroatoms. The van der Waals surface area contributed by atoms with Crippen molar-refractivity contribution < 1.29 is 18.7 Å². The SMILES string of the molecule is CCCCC/C=C\C/C=C\CCCCCCCCOC(CCCCCCC/C=C\C/C=C\CCCCC)O[Si](C)(C)OCCCCCCN(C)C(CO)Cc1c[nH]c2ccccc12. The number of para-hydroxylation sites is 1. The molecule has 1 heterocycles. The number of fused-ring (bicyclic) bond motifs is 1. The molecule has 2 rings (SSSR count). The Bertz CT molecular complexity index is 1430. The molecule has 2 unspecified atom stereocenters. The van der Waals surface area contributed by atoms with Crippen molar-refractivity contribution in [3.05, 3.63) is 84.6 Å². The largest absolute Gasteiger partial charge is 0.395 e. The van der Waals surface area contributed by atoms with Gasteiger partial charge in [0.05, 0.1) is 6.61 Å². The maximum Gasteiger partial charge on any atom is 0.333 e. The molecule has 0 fully saturated rings. The van der Waals surface area contributed by atoms with E-state index in [4.69, 9.17) is 13.6 Å². The van der Waals surface area contributed by atoms with Crippen molar-refractivity contribution in [2.45, 2.75) is 225 Å². The third-order valence-corrected chi connectivity index (χ3v) is 14.0. The predicted molar refractivity (Wildman–Crippen MR) is 277 cm³/mol. The Morgan fingerprint density at radius 1 is 0.619 bits per heavy atom. The van der Waals surface area contributed by atoms with E-state index in [1.807, 2.05) is 0 Å². The Balaban J connectivity index is 1.65. The van der Waals surface area contributed by atoms with Crippen molar-refractivity contribution in [2.75, 3.05) is 33.4 Å². The van der Waals surface area contributed by atoms with Gasteiger partial charge in [-0.05, 0) is 141 Å². The van der Waals surface area contributed by atoms with Gasteiger partial charge in [0.2, 0.25) is 0 Å². The minimum Gasteiger partial charge on any atom is -0.395 e. The highest BCUT2D eigenvalue weighted by molar-refractivity contribution is 6.64. The molecule has 0 radical (unpaired) electrons. The second-order valence-corrected chi connectivity index (χ2v) is 21.9. The summed E-state index contributed by atoms with van der Waals surface area (Å²) >= 11 is 0. The number of aliphatic hydroxyl groups is 1. The van der Waals surface area contributed by atoms with Gasteiger partial charge in [-0.2, -0.15) is 0 Å². The lowest BCUT2D eigenvalue weighted by Crippen LogP contribution is -2.40. The number of H-pyrrole nitrogens is 1. The van der Waals surface area contributed by atoms with Crippen molar-refractivity contribution in [3.63, 3.8) is 0 Å². The monoisotopic (exact) mass is 891 g/mol. The molecule has 0 saturated heterocycles. The molecule has 6 nitrogen and oxygen atoms in total. The first-order chi connectivity index (χ1) is 30.9. The van der Waals surface area contributed by atoms with Crippen LogP contribution in [-0.2, 0) is 20.0 Å². The summed E-state index contributed by atoms with van der Waals surface area (Å²) < 4.78 is 19.6. The van der Waals surface area contributed by atoms with Crippen molar-refractivity contribution in [1.82, 2.24) is 9.88 Å². The fourth-order valence-corrected chi connectivity index (χ4v) is 9.71. The van der Waals surface area contributed by atoms with E-state index in [0.29, 0.717) is 0 Å². The zero-order valence-corrected chi connectivity index (χ0v) is 42.6. The highest BCUT2D eigenvalue weighted by atomic mass is 28.4. The lowest BCUT2D eigenvalue weighted by molar-refractivity contribution is -0.104. The van der Waals surface area contributed by atoms with Crippen LogP contribution in [0, 0.1) is 0 Å². The number of aromatic nitrogens is 1. The molecule has 2 atom stereocenters. The molecule has 0 aliphatic rings. The molecule has 0 bridgehead atoms. The molecule has 2 aromatic rings. The number of aromatic amines is 1. The van der Waals surface area contributed by atoms with Crippen LogP contribution in [-0.4, -0.2) is 69.3 Å². The highest BCUT2D eigenvalue weighted by Crippen LogP contribution is 2.22. The van der Waals surface area contributed by atoms with Gasteiger partial charge in [0.25, 0.3) is 0 Å². The van der Waals surface area contributed by atoms with Crippen molar-refractivity contribution in [3.8, 4) is 0 Å². The van der Waals surface area contributed by atoms with Crippen molar-refractivity contribution in [1.29, 1.82) is 0 Å². The van der Waals surface area contributed by atoms with E-state index in [0.717, 1.165) is 89.5 Å². The summed E-state index contributed by atoms with van der Waals surface area (Å²) in [6.07, 6.45) is 55.7. The van der Waals surface area contributed by atoms with Gasteiger partial charge in [-0.3, -0.25) is 0 Å². The van der Waals surface area contributed by atoms with E-state index in [2.05, 4.69) is 123 Å². The molecule has 1 aromatic heterocycles. The van der Waals surface area contributed by atoms with E-state index < -0.39 is 8.56 Å². The average molecular weight is 891 g/mol. The van der Waals surface area contributed by atoms with E-state index in [1.54, 1.807) is 0 Å². The van der Waals surface area contributed by atoms with Crippen LogP contribution < -0.4 is 0 Å². The summed E-state index contributed by atoms with van der Waals surface area (Å²) in [6.45, 7) is 11.6. The minimum absolute atomic E-state index is 0.122. The predicted octanol–water partition coefficient (Wildman–Crippen LogP) is 16.3. The molecule has 1 aromatic carbocycles. The number of allylic oxidation sites excluding steroid dienone is 8. The van der Waals surface area contributed by atoms with Crippen LogP contribution >= 0.6 is 0 Å². The number of aliphatic hydroxyl groups excluding tert-OH is 1. The molecule has 0 aliphatic heterocycles. The number of nitrogens with one attached hydrogen (secondary N) is 1. The highest BCUT2D eigenvalue weighted by Gasteiger charge is 2.29. The zero-order chi connectivity index (χ0) is 45.3. The second kappa shape index (κ2) is 40.0. The molecular weight excluding hydrogens is 793 g/mol. The number of hydrogen-bond donors (Lipinski definition) is 2. The maximum absolute atomic E-state index is 10.2. The Morgan fingerprint density at radius 2 is 1.13 bits per heavy atom. The standard InChI is InChI=1S/C56H98N2O4Si/c1-6-8-10-12-14-16-18-20-22-24-26-28-30-32-35-41-47-60-56(45-37-33-31-29-27-25-23-21-19-17-15-13-11-9-7-2)62-63(4,5)61-48-42-36-34-40-46-58(3)53(51-59)49-52-50-57-55-44-39-38-43-54(52)55/h14-17,20-23,38-39,43-44,50,53,56-57,59H,6-13,18-19,24-37,40-42,45-49,51H2,1-5H3/b16-14-,17-15-,22-20-,23-21-. The number of ether oxygens (including phenoxy) is 1. The molecule has 2 N–H and O–H groups in total. The van der Waals surface area contributed by atoms with Gasteiger partial charge in [0.15, 0.2) is 0 Å². The Kier molecular flexibility index (Phi) is 36.1. The summed E-state index contributed by atoms with van der Waals surface area (Å²) in [6, 6.07) is 8.55. The van der Waals surface area contributed by atoms with Crippen molar-refractivity contribution in [2.24, 2.45) is 0 Å². The maximum atomic E-state index is 10.2. The van der Waals surface area contributed by atoms with Gasteiger partial charge in [0, 0.05) is 36.4 Å². The molecule has 360 valence electrons. The molecule has 0 spiro atoms. The van der Waals surface area contributed by atoms with Crippen LogP contribution in [0.1, 0.15) is 199 Å². The van der Waals surface area contributed by atoms with E-state index >= 15 is 0 Å². The van der Waals surface area contributed by atoms with Gasteiger partial charge < -0.3 is 28.6 Å². The normalized spacial score (nSPS) is 13.7. The summed E-state index contributed by atoms with van der Waals surface area (Å²) in [4.78, 5) is 5.70. The zero-order valence-electron chi connectivity index (χ0n) is 41.6. The van der Waals surface area contributed by atoms with Crippen LogP contribution in [0.4, 0.5) is 0 Å². The lowest BCUT2D eigenvalue weighted by atomic mass is 10.0. The first kappa shape index (κ1) is 56.9. The third kappa shape index (κ3) is 31.3. The molecular formula is C56H98N2O4Si. The molecule has 63 heavy (non-hydrogen) atoms. The lowest BCUT2D eigenvalue weighted by Gasteiger charge is -2.29. The fraction of sp³-hybridized carbons (Fsp3) is 0.714. The number of hydrogen-bond acceptors (Lipinski definition) is 5. The number of unbranched alkanes of at least 4 members (excludes halogenated alkanes) is 20. The minimum atomic E-state index is -2.33. The Hall–Kier alpha value is -2.26.